The lowest BCUT2D eigenvalue weighted by Gasteiger charge is -2.08. The molecule has 0 amide bonds. The van der Waals surface area contributed by atoms with E-state index >= 15 is 0 Å². The summed E-state index contributed by atoms with van der Waals surface area (Å²) in [5.74, 6) is 1.87. The molecule has 0 fully saturated rings. The van der Waals surface area contributed by atoms with Gasteiger partial charge < -0.3 is 9.47 Å². The van der Waals surface area contributed by atoms with E-state index in [0.29, 0.717) is 28.4 Å². The number of hydrogen-bond acceptors (Lipinski definition) is 6. The largest absolute Gasteiger partial charge is 0.454 e. The average molecular weight is 421 g/mol. The molecule has 150 valence electrons. The van der Waals surface area contributed by atoms with Gasteiger partial charge in [0.05, 0.1) is 16.3 Å². The van der Waals surface area contributed by atoms with Crippen molar-refractivity contribution in [3.05, 3.63) is 62.7 Å². The van der Waals surface area contributed by atoms with Crippen LogP contribution in [-0.4, -0.2) is 29.9 Å². The number of aryl methyl sites for hydroxylation is 1. The van der Waals surface area contributed by atoms with Gasteiger partial charge in [-0.3, -0.25) is 22.9 Å². The first kappa shape index (κ1) is 17.1. The Labute approximate surface area is 172 Å². The molecule has 1 aliphatic rings. The van der Waals surface area contributed by atoms with Gasteiger partial charge in [-0.2, -0.15) is 4.98 Å². The van der Waals surface area contributed by atoms with Gasteiger partial charge in [0.15, 0.2) is 22.7 Å². The number of hydrogen-bond donors (Lipinski definition) is 0. The number of imidazole rings is 2. The number of benzene rings is 1. The fraction of sp³-hybridized carbons (Fsp3) is 0.150. The van der Waals surface area contributed by atoms with E-state index in [-0.39, 0.29) is 12.4 Å². The van der Waals surface area contributed by atoms with Crippen LogP contribution in [-0.2, 0) is 14.1 Å². The van der Waals surface area contributed by atoms with Crippen LogP contribution in [0.2, 0.25) is 0 Å². The van der Waals surface area contributed by atoms with E-state index in [4.69, 9.17) is 9.47 Å². The predicted molar refractivity (Wildman–Crippen MR) is 112 cm³/mol. The number of ether oxygens (including phenoxy) is 2. The third-order valence-corrected chi connectivity index (χ3v) is 6.25. The summed E-state index contributed by atoms with van der Waals surface area (Å²) >= 11 is 1.59. The van der Waals surface area contributed by atoms with Crippen LogP contribution in [0.1, 0.15) is 0 Å². The highest BCUT2D eigenvalue weighted by atomic mass is 32.1. The zero-order valence-corrected chi connectivity index (χ0v) is 16.8. The van der Waals surface area contributed by atoms with Gasteiger partial charge in [-0.15, -0.1) is 11.3 Å². The minimum Gasteiger partial charge on any atom is -0.454 e. The molecule has 0 radical (unpaired) electrons. The number of nitrogens with zero attached hydrogens (tertiary/aromatic N) is 5. The van der Waals surface area contributed by atoms with E-state index in [2.05, 4.69) is 4.98 Å². The third kappa shape index (κ3) is 2.13. The molecule has 6 rings (SSSR count). The molecule has 30 heavy (non-hydrogen) atoms. The van der Waals surface area contributed by atoms with Gasteiger partial charge in [0.1, 0.15) is 0 Å². The molecule has 1 aromatic carbocycles. The number of rotatable bonds is 2. The zero-order valence-electron chi connectivity index (χ0n) is 16.0. The van der Waals surface area contributed by atoms with Crippen molar-refractivity contribution >= 4 is 28.3 Å². The minimum absolute atomic E-state index is 0.184. The number of fused-ring (bicyclic) bond motifs is 4. The molecule has 0 N–H and O–H groups in total. The lowest BCUT2D eigenvalue weighted by molar-refractivity contribution is 0.174. The summed E-state index contributed by atoms with van der Waals surface area (Å²) in [6.07, 6.45) is 1.88. The van der Waals surface area contributed by atoms with Gasteiger partial charge >= 0.3 is 5.69 Å². The van der Waals surface area contributed by atoms with Crippen LogP contribution in [0.3, 0.4) is 0 Å². The second-order valence-electron chi connectivity index (χ2n) is 7.02. The number of thiophene rings is 1. The lowest BCUT2D eigenvalue weighted by atomic mass is 10.2. The van der Waals surface area contributed by atoms with Crippen molar-refractivity contribution in [1.29, 1.82) is 0 Å². The van der Waals surface area contributed by atoms with E-state index in [9.17, 15) is 9.59 Å². The smallest absolute Gasteiger partial charge is 0.332 e. The summed E-state index contributed by atoms with van der Waals surface area (Å²) < 4.78 is 17.2. The Bertz CT molecular complexity index is 1590. The van der Waals surface area contributed by atoms with Crippen LogP contribution in [0.25, 0.3) is 33.2 Å². The highest BCUT2D eigenvalue weighted by Crippen LogP contribution is 2.37. The summed E-state index contributed by atoms with van der Waals surface area (Å²) in [7, 11) is 3.08. The van der Waals surface area contributed by atoms with Crippen LogP contribution in [0, 0.1) is 0 Å². The maximum absolute atomic E-state index is 12.9. The van der Waals surface area contributed by atoms with Gasteiger partial charge in [-0.05, 0) is 23.6 Å². The maximum Gasteiger partial charge on any atom is 0.332 e. The van der Waals surface area contributed by atoms with Gasteiger partial charge in [0.25, 0.3) is 5.56 Å². The molecule has 0 unspecified atom stereocenters. The van der Waals surface area contributed by atoms with Crippen LogP contribution in [0.15, 0.2) is 51.5 Å². The maximum atomic E-state index is 12.9. The van der Waals surface area contributed by atoms with Gasteiger partial charge in [-0.1, -0.05) is 6.07 Å². The molecule has 5 aromatic rings. The minimum atomic E-state index is -0.415. The first-order valence-electron chi connectivity index (χ1n) is 9.18. The Balaban J connectivity index is 1.77. The summed E-state index contributed by atoms with van der Waals surface area (Å²) in [4.78, 5) is 31.0. The van der Waals surface area contributed by atoms with E-state index in [1.165, 1.54) is 11.6 Å². The topological polar surface area (TPSA) is 84.7 Å². The Morgan fingerprint density at radius 2 is 1.90 bits per heavy atom. The zero-order chi connectivity index (χ0) is 20.6. The van der Waals surface area contributed by atoms with Crippen LogP contribution < -0.4 is 20.7 Å². The molecule has 0 aliphatic carbocycles. The van der Waals surface area contributed by atoms with E-state index in [1.54, 1.807) is 22.8 Å². The molecule has 0 saturated carbocycles. The second kappa shape index (κ2) is 5.86. The van der Waals surface area contributed by atoms with E-state index in [1.807, 2.05) is 46.5 Å². The van der Waals surface area contributed by atoms with Gasteiger partial charge in [0, 0.05) is 26.4 Å². The van der Waals surface area contributed by atoms with Crippen LogP contribution in [0.4, 0.5) is 0 Å². The number of aromatic nitrogens is 5. The van der Waals surface area contributed by atoms with Crippen molar-refractivity contribution in [3.63, 3.8) is 0 Å². The Morgan fingerprint density at radius 1 is 1.07 bits per heavy atom. The summed E-state index contributed by atoms with van der Waals surface area (Å²) in [5, 5.41) is 2.00. The molecule has 5 heterocycles. The molecule has 0 bridgehead atoms. The Hall–Kier alpha value is -3.79. The standard InChI is InChI=1S/C20H15N5O4S/c1-22-17-16(18(26)23(2)20(22)27)24-9-12(15-4-3-7-30-15)25(19(24)21-17)11-5-6-13-14(8-11)29-10-28-13/h3-9H,10H2,1-2H3. The fourth-order valence-electron chi connectivity index (χ4n) is 3.85. The molecule has 1 aliphatic heterocycles. The first-order valence-corrected chi connectivity index (χ1v) is 10.1. The first-order chi connectivity index (χ1) is 14.5. The normalized spacial score (nSPS) is 13.0. The highest BCUT2D eigenvalue weighted by Gasteiger charge is 2.23. The molecular weight excluding hydrogens is 406 g/mol. The van der Waals surface area contributed by atoms with E-state index in [0.717, 1.165) is 20.8 Å². The van der Waals surface area contributed by atoms with Gasteiger partial charge in [-0.25, -0.2) is 4.79 Å². The van der Waals surface area contributed by atoms with Crippen molar-refractivity contribution in [2.45, 2.75) is 0 Å². The highest BCUT2D eigenvalue weighted by molar-refractivity contribution is 7.13. The van der Waals surface area contributed by atoms with Crippen molar-refractivity contribution in [3.8, 4) is 27.8 Å². The SMILES string of the molecule is Cn1c(=O)c2c(nc3n(-c4ccc5c(c4)OCO5)c(-c4cccs4)cn23)n(C)c1=O. The second-order valence-corrected chi connectivity index (χ2v) is 7.97. The molecule has 9 nitrogen and oxygen atoms in total. The summed E-state index contributed by atoms with van der Waals surface area (Å²) in [6.45, 7) is 0.184. The Kier molecular flexibility index (Phi) is 3.34. The lowest BCUT2D eigenvalue weighted by Crippen LogP contribution is -2.37. The van der Waals surface area contributed by atoms with Crippen molar-refractivity contribution in [1.82, 2.24) is 23.1 Å². The molecule has 0 atom stereocenters. The van der Waals surface area contributed by atoms with Crippen LogP contribution in [0.5, 0.6) is 11.5 Å². The van der Waals surface area contributed by atoms with Crippen molar-refractivity contribution < 1.29 is 9.47 Å². The van der Waals surface area contributed by atoms with Gasteiger partial charge in [0.2, 0.25) is 12.6 Å². The molecular formula is C20H15N5O4S. The van der Waals surface area contributed by atoms with E-state index < -0.39 is 5.69 Å². The average Bonchev–Trinajstić information content (AvgIpc) is 3.52. The molecule has 0 saturated heterocycles. The summed E-state index contributed by atoms with van der Waals surface area (Å²) in [6, 6.07) is 9.64. The van der Waals surface area contributed by atoms with Crippen LogP contribution >= 0.6 is 11.3 Å². The third-order valence-electron chi connectivity index (χ3n) is 5.35. The Morgan fingerprint density at radius 3 is 2.70 bits per heavy atom. The molecule has 10 heteroatoms. The predicted octanol–water partition coefficient (Wildman–Crippen LogP) is 2.13. The van der Waals surface area contributed by atoms with Crippen molar-refractivity contribution in [2.75, 3.05) is 6.79 Å². The summed E-state index contributed by atoms with van der Waals surface area (Å²) in [5.41, 5.74) is 1.58. The van der Waals surface area contributed by atoms with Crippen molar-refractivity contribution in [2.24, 2.45) is 14.1 Å². The molecule has 0 spiro atoms. The fourth-order valence-corrected chi connectivity index (χ4v) is 4.57. The monoisotopic (exact) mass is 421 g/mol. The quantitative estimate of drug-likeness (QED) is 0.436. The molecule has 4 aromatic heterocycles.